The molecule has 2 heterocycles. The van der Waals surface area contributed by atoms with E-state index in [1.54, 1.807) is 11.3 Å². The molecule has 0 aliphatic heterocycles. The third kappa shape index (κ3) is 2.76. The average Bonchev–Trinajstić information content (AvgIpc) is 2.85. The lowest BCUT2D eigenvalue weighted by molar-refractivity contribution is 0.579. The molecule has 0 aliphatic rings. The maximum atomic E-state index is 4.07. The largest absolute Gasteiger partial charge is 0.252 e. The summed E-state index contributed by atoms with van der Waals surface area (Å²) in [6.45, 7) is 3.06. The molecule has 78 valence electrons. The van der Waals surface area contributed by atoms with Gasteiger partial charge in [0.25, 0.3) is 0 Å². The fourth-order valence-electron chi connectivity index (χ4n) is 1.28. The van der Waals surface area contributed by atoms with Crippen molar-refractivity contribution in [1.29, 1.82) is 0 Å². The van der Waals surface area contributed by atoms with E-state index in [1.807, 2.05) is 23.0 Å². The van der Waals surface area contributed by atoms with Crippen molar-refractivity contribution in [2.24, 2.45) is 0 Å². The summed E-state index contributed by atoms with van der Waals surface area (Å²) in [5.41, 5.74) is 0.914. The predicted octanol–water partition coefficient (Wildman–Crippen LogP) is 2.92. The minimum absolute atomic E-state index is 0.914. The molecule has 0 radical (unpaired) electrons. The van der Waals surface area contributed by atoms with Crippen molar-refractivity contribution in [3.05, 3.63) is 34.3 Å². The number of hydrogen-bond acceptors (Lipinski definition) is 3. The summed E-state index contributed by atoms with van der Waals surface area (Å²) >= 11 is 1.72. The Hall–Kier alpha value is -1.42. The van der Waals surface area contributed by atoms with Crippen molar-refractivity contribution >= 4 is 23.5 Å². The molecule has 3 nitrogen and oxygen atoms in total. The van der Waals surface area contributed by atoms with E-state index in [0.29, 0.717) is 0 Å². The molecule has 0 fully saturated rings. The van der Waals surface area contributed by atoms with Gasteiger partial charge in [0, 0.05) is 11.4 Å². The summed E-state index contributed by atoms with van der Waals surface area (Å²) in [5, 5.41) is 10.2. The van der Waals surface area contributed by atoms with Gasteiger partial charge in [-0.3, -0.25) is 4.68 Å². The standard InChI is InChI=1S/C11H13N3S/c1-2-7-14-9-10(12-13-14)5-6-11-4-3-8-15-11/h3-6,8-9H,2,7H2,1H3/b6-5+. The molecule has 0 atom stereocenters. The first-order chi connectivity index (χ1) is 7.38. The molecule has 0 aromatic carbocycles. The Balaban J connectivity index is 2.04. The Bertz CT molecular complexity index is 428. The average molecular weight is 219 g/mol. The van der Waals surface area contributed by atoms with Crippen LogP contribution in [-0.4, -0.2) is 15.0 Å². The number of thiophene rings is 1. The van der Waals surface area contributed by atoms with Gasteiger partial charge in [-0.05, 0) is 30.0 Å². The Kier molecular flexibility index (Phi) is 3.29. The Labute approximate surface area is 93.1 Å². The lowest BCUT2D eigenvalue weighted by atomic mass is 10.3. The molecule has 0 bridgehead atoms. The van der Waals surface area contributed by atoms with E-state index in [9.17, 15) is 0 Å². The lowest BCUT2D eigenvalue weighted by Crippen LogP contribution is -1.96. The molecule has 0 amide bonds. The number of hydrogen-bond donors (Lipinski definition) is 0. The van der Waals surface area contributed by atoms with Gasteiger partial charge in [0.05, 0.1) is 6.20 Å². The SMILES string of the molecule is CCCn1cc(/C=C/c2cccs2)nn1. The molecule has 2 aromatic heterocycles. The quantitative estimate of drug-likeness (QED) is 0.791. The first-order valence-corrected chi connectivity index (χ1v) is 5.88. The molecule has 2 aromatic rings. The van der Waals surface area contributed by atoms with Crippen LogP contribution in [0.15, 0.2) is 23.7 Å². The number of aromatic nitrogens is 3. The monoisotopic (exact) mass is 219 g/mol. The summed E-state index contributed by atoms with van der Waals surface area (Å²) in [7, 11) is 0. The second-order valence-corrected chi connectivity index (χ2v) is 4.23. The summed E-state index contributed by atoms with van der Waals surface area (Å²) in [5.74, 6) is 0. The topological polar surface area (TPSA) is 30.7 Å². The maximum absolute atomic E-state index is 4.07. The van der Waals surface area contributed by atoms with E-state index in [1.165, 1.54) is 4.88 Å². The Morgan fingerprint density at radius 2 is 2.40 bits per heavy atom. The number of aryl methyl sites for hydroxylation is 1. The second-order valence-electron chi connectivity index (χ2n) is 3.26. The van der Waals surface area contributed by atoms with Gasteiger partial charge < -0.3 is 0 Å². The highest BCUT2D eigenvalue weighted by atomic mass is 32.1. The van der Waals surface area contributed by atoms with Gasteiger partial charge in [0.15, 0.2) is 0 Å². The lowest BCUT2D eigenvalue weighted by Gasteiger charge is -1.91. The van der Waals surface area contributed by atoms with E-state index in [2.05, 4.69) is 34.8 Å². The fraction of sp³-hybridized carbons (Fsp3) is 0.273. The van der Waals surface area contributed by atoms with Crippen molar-refractivity contribution in [1.82, 2.24) is 15.0 Å². The molecule has 0 N–H and O–H groups in total. The van der Waals surface area contributed by atoms with Crippen molar-refractivity contribution in [2.75, 3.05) is 0 Å². The first-order valence-electron chi connectivity index (χ1n) is 5.00. The molecule has 0 saturated carbocycles. The summed E-state index contributed by atoms with van der Waals surface area (Å²) < 4.78 is 1.87. The Morgan fingerprint density at radius 3 is 3.13 bits per heavy atom. The smallest absolute Gasteiger partial charge is 0.105 e. The van der Waals surface area contributed by atoms with Crippen LogP contribution >= 0.6 is 11.3 Å². The van der Waals surface area contributed by atoms with Gasteiger partial charge >= 0.3 is 0 Å². The van der Waals surface area contributed by atoms with E-state index >= 15 is 0 Å². The number of rotatable bonds is 4. The zero-order valence-electron chi connectivity index (χ0n) is 8.63. The van der Waals surface area contributed by atoms with Gasteiger partial charge in [0.1, 0.15) is 5.69 Å². The van der Waals surface area contributed by atoms with E-state index < -0.39 is 0 Å². The fourth-order valence-corrected chi connectivity index (χ4v) is 1.90. The predicted molar refractivity (Wildman–Crippen MR) is 63.6 cm³/mol. The zero-order chi connectivity index (χ0) is 10.5. The van der Waals surface area contributed by atoms with Gasteiger partial charge in [-0.25, -0.2) is 0 Å². The van der Waals surface area contributed by atoms with Crippen LogP contribution in [0.1, 0.15) is 23.9 Å². The van der Waals surface area contributed by atoms with Crippen molar-refractivity contribution in [2.45, 2.75) is 19.9 Å². The highest BCUT2D eigenvalue weighted by molar-refractivity contribution is 7.10. The van der Waals surface area contributed by atoms with Crippen molar-refractivity contribution in [3.63, 3.8) is 0 Å². The van der Waals surface area contributed by atoms with Crippen LogP contribution in [-0.2, 0) is 6.54 Å². The van der Waals surface area contributed by atoms with Crippen LogP contribution < -0.4 is 0 Å². The van der Waals surface area contributed by atoms with Gasteiger partial charge in [-0.1, -0.05) is 18.2 Å². The van der Waals surface area contributed by atoms with Crippen LogP contribution in [0.25, 0.3) is 12.2 Å². The highest BCUT2D eigenvalue weighted by Crippen LogP contribution is 2.12. The van der Waals surface area contributed by atoms with Gasteiger partial charge in [0.2, 0.25) is 0 Å². The highest BCUT2D eigenvalue weighted by Gasteiger charge is 1.95. The molecule has 0 aliphatic carbocycles. The second kappa shape index (κ2) is 4.89. The molecule has 0 spiro atoms. The number of nitrogens with zero attached hydrogens (tertiary/aromatic N) is 3. The van der Waals surface area contributed by atoms with Crippen LogP contribution in [0.4, 0.5) is 0 Å². The van der Waals surface area contributed by atoms with E-state index in [0.717, 1.165) is 18.7 Å². The van der Waals surface area contributed by atoms with E-state index in [4.69, 9.17) is 0 Å². The zero-order valence-corrected chi connectivity index (χ0v) is 9.44. The third-order valence-corrected chi connectivity index (χ3v) is 2.81. The minimum atomic E-state index is 0.914. The third-order valence-electron chi connectivity index (χ3n) is 1.97. The minimum Gasteiger partial charge on any atom is -0.252 e. The molecule has 0 unspecified atom stereocenters. The molecule has 15 heavy (non-hydrogen) atoms. The molecule has 2 rings (SSSR count). The van der Waals surface area contributed by atoms with Gasteiger partial charge in [-0.15, -0.1) is 16.4 Å². The van der Waals surface area contributed by atoms with Crippen LogP contribution in [0, 0.1) is 0 Å². The maximum Gasteiger partial charge on any atom is 0.105 e. The van der Waals surface area contributed by atoms with E-state index in [-0.39, 0.29) is 0 Å². The summed E-state index contributed by atoms with van der Waals surface area (Å²) in [6.07, 6.45) is 7.10. The van der Waals surface area contributed by atoms with Crippen LogP contribution in [0.2, 0.25) is 0 Å². The normalized spacial score (nSPS) is 11.3. The molecule has 0 saturated heterocycles. The molecular weight excluding hydrogens is 206 g/mol. The summed E-state index contributed by atoms with van der Waals surface area (Å²) in [4.78, 5) is 1.24. The first kappa shape index (κ1) is 10.1. The van der Waals surface area contributed by atoms with Gasteiger partial charge in [-0.2, -0.15) is 0 Å². The molecule has 4 heteroatoms. The summed E-state index contributed by atoms with van der Waals surface area (Å²) in [6, 6.07) is 4.12. The van der Waals surface area contributed by atoms with Crippen LogP contribution in [0.3, 0.4) is 0 Å². The van der Waals surface area contributed by atoms with Crippen molar-refractivity contribution < 1.29 is 0 Å². The Morgan fingerprint density at radius 1 is 1.47 bits per heavy atom. The molecular formula is C11H13N3S. The van der Waals surface area contributed by atoms with Crippen LogP contribution in [0.5, 0.6) is 0 Å². The van der Waals surface area contributed by atoms with Crippen molar-refractivity contribution in [3.8, 4) is 0 Å².